The van der Waals surface area contributed by atoms with Crippen molar-refractivity contribution in [2.24, 2.45) is 0 Å². The first-order valence-corrected chi connectivity index (χ1v) is 7.86. The van der Waals surface area contributed by atoms with E-state index in [1.165, 1.54) is 12.1 Å². The minimum Gasteiger partial charge on any atom is -0.467 e. The molecule has 0 bridgehead atoms. The molecule has 0 fully saturated rings. The number of benzene rings is 1. The Kier molecular flexibility index (Phi) is 6.89. The second-order valence-corrected chi connectivity index (χ2v) is 6.34. The van der Waals surface area contributed by atoms with Crippen molar-refractivity contribution in [3.05, 3.63) is 35.9 Å². The summed E-state index contributed by atoms with van der Waals surface area (Å²) in [6.07, 6.45) is -1.30. The van der Waals surface area contributed by atoms with Gasteiger partial charge in [-0.05, 0) is 12.1 Å². The first-order chi connectivity index (χ1) is 10.9. The number of nitrogens with one attached hydrogen (secondary N) is 1. The number of methoxy groups -OCH3 is 1. The molecule has 23 heavy (non-hydrogen) atoms. The Bertz CT molecular complexity index is 610. The van der Waals surface area contributed by atoms with Gasteiger partial charge in [0, 0.05) is 14.2 Å². The molecule has 0 heterocycles. The van der Waals surface area contributed by atoms with Crippen LogP contribution in [0.3, 0.4) is 0 Å². The fraction of sp³-hybridized carbons (Fsp3) is 0.308. The molecular formula is C13H16NO8P. The van der Waals surface area contributed by atoms with Gasteiger partial charge < -0.3 is 18.5 Å². The van der Waals surface area contributed by atoms with E-state index in [-0.39, 0.29) is 5.56 Å². The smallest absolute Gasteiger partial charge is 0.416 e. The van der Waals surface area contributed by atoms with Gasteiger partial charge >= 0.3 is 25.6 Å². The molecule has 1 N–H and O–H groups in total. The van der Waals surface area contributed by atoms with Crippen LogP contribution < -0.4 is 5.32 Å². The topological polar surface area (TPSA) is 117 Å². The van der Waals surface area contributed by atoms with Crippen LogP contribution in [0.1, 0.15) is 10.4 Å². The number of amides is 1. The van der Waals surface area contributed by atoms with Crippen LogP contribution in [0.4, 0.5) is 4.79 Å². The molecule has 0 saturated carbocycles. The molecule has 1 amide bonds. The maximum absolute atomic E-state index is 12.2. The number of ether oxygens (including phenoxy) is 2. The zero-order valence-corrected chi connectivity index (χ0v) is 13.6. The summed E-state index contributed by atoms with van der Waals surface area (Å²) >= 11 is 0. The second kappa shape index (κ2) is 8.42. The highest BCUT2D eigenvalue weighted by Gasteiger charge is 2.43. The molecule has 126 valence electrons. The quantitative estimate of drug-likeness (QED) is 0.469. The van der Waals surface area contributed by atoms with E-state index >= 15 is 0 Å². The summed E-state index contributed by atoms with van der Waals surface area (Å²) in [6.45, 7) is 0. The Morgan fingerprint density at radius 3 is 2.09 bits per heavy atom. The largest absolute Gasteiger partial charge is 0.467 e. The van der Waals surface area contributed by atoms with E-state index in [2.05, 4.69) is 18.5 Å². The van der Waals surface area contributed by atoms with Crippen molar-refractivity contribution in [1.29, 1.82) is 0 Å². The SMILES string of the molecule is COC(=O)C(NC(=O)OC(=O)c1ccccc1)P(=O)(OC)OC. The van der Waals surface area contributed by atoms with Crippen molar-refractivity contribution >= 4 is 25.6 Å². The number of carbonyl (C=O) groups excluding carboxylic acids is 3. The standard InChI is InChI=1S/C13H16NO8P/c1-19-12(16)10(23(18,20-2)21-3)14-13(17)22-11(15)9-7-5-4-6-8-9/h4-8,10H,1-3H3,(H,14,17). The van der Waals surface area contributed by atoms with Gasteiger partial charge in [0.15, 0.2) is 0 Å². The van der Waals surface area contributed by atoms with Crippen LogP contribution in [0, 0.1) is 0 Å². The highest BCUT2D eigenvalue weighted by Crippen LogP contribution is 2.50. The van der Waals surface area contributed by atoms with Gasteiger partial charge in [-0.2, -0.15) is 0 Å². The van der Waals surface area contributed by atoms with E-state index in [9.17, 15) is 18.9 Å². The predicted octanol–water partition coefficient (Wildman–Crippen LogP) is 1.54. The zero-order valence-electron chi connectivity index (χ0n) is 12.7. The van der Waals surface area contributed by atoms with E-state index in [0.717, 1.165) is 21.3 Å². The fourth-order valence-electron chi connectivity index (χ4n) is 1.52. The van der Waals surface area contributed by atoms with Crippen LogP contribution >= 0.6 is 7.60 Å². The van der Waals surface area contributed by atoms with Crippen LogP contribution in [-0.2, 0) is 27.9 Å². The van der Waals surface area contributed by atoms with Crippen LogP contribution in [-0.4, -0.2) is 45.1 Å². The lowest BCUT2D eigenvalue weighted by molar-refractivity contribution is -0.141. The van der Waals surface area contributed by atoms with Crippen LogP contribution in [0.15, 0.2) is 30.3 Å². The van der Waals surface area contributed by atoms with E-state index in [1.807, 2.05) is 5.32 Å². The van der Waals surface area contributed by atoms with E-state index < -0.39 is 31.4 Å². The lowest BCUT2D eigenvalue weighted by Gasteiger charge is -2.22. The highest BCUT2D eigenvalue weighted by molar-refractivity contribution is 7.55. The van der Waals surface area contributed by atoms with Crippen molar-refractivity contribution in [2.75, 3.05) is 21.3 Å². The van der Waals surface area contributed by atoms with Crippen molar-refractivity contribution in [2.45, 2.75) is 5.78 Å². The second-order valence-electron chi connectivity index (χ2n) is 4.02. The third-order valence-electron chi connectivity index (χ3n) is 2.70. The van der Waals surface area contributed by atoms with E-state index in [1.54, 1.807) is 18.2 Å². The molecule has 0 saturated heterocycles. The normalized spacial score (nSPS) is 12.1. The molecule has 0 aromatic heterocycles. The summed E-state index contributed by atoms with van der Waals surface area (Å²) in [4.78, 5) is 35.1. The molecule has 0 aliphatic carbocycles. The first-order valence-electron chi connectivity index (χ1n) is 6.24. The molecule has 1 unspecified atom stereocenters. The predicted molar refractivity (Wildman–Crippen MR) is 77.8 cm³/mol. The van der Waals surface area contributed by atoms with Crippen LogP contribution in [0.2, 0.25) is 0 Å². The third kappa shape index (κ3) is 4.88. The number of hydrogen-bond acceptors (Lipinski definition) is 8. The Morgan fingerprint density at radius 2 is 1.61 bits per heavy atom. The van der Waals surface area contributed by atoms with Gasteiger partial charge in [0.2, 0.25) is 5.78 Å². The maximum atomic E-state index is 12.2. The molecular weight excluding hydrogens is 329 g/mol. The Balaban J connectivity index is 2.84. The molecule has 10 heteroatoms. The summed E-state index contributed by atoms with van der Waals surface area (Å²) in [5, 5.41) is 1.94. The van der Waals surface area contributed by atoms with Gasteiger partial charge in [-0.1, -0.05) is 18.2 Å². The van der Waals surface area contributed by atoms with Gasteiger partial charge in [-0.25, -0.2) is 14.4 Å². The molecule has 1 aromatic carbocycles. The minimum atomic E-state index is -4.03. The molecule has 1 aromatic rings. The lowest BCUT2D eigenvalue weighted by Crippen LogP contribution is -2.42. The number of esters is 2. The average molecular weight is 345 g/mol. The van der Waals surface area contributed by atoms with Crippen molar-refractivity contribution in [1.82, 2.24) is 5.32 Å². The lowest BCUT2D eigenvalue weighted by atomic mass is 10.2. The van der Waals surface area contributed by atoms with Gasteiger partial charge in [0.05, 0.1) is 12.7 Å². The molecule has 0 radical (unpaired) electrons. The number of rotatable bonds is 6. The van der Waals surface area contributed by atoms with Crippen molar-refractivity contribution in [3.8, 4) is 0 Å². The first kappa shape index (κ1) is 18.8. The van der Waals surface area contributed by atoms with Crippen molar-refractivity contribution in [3.63, 3.8) is 0 Å². The van der Waals surface area contributed by atoms with Gasteiger partial charge in [-0.15, -0.1) is 0 Å². The summed E-state index contributed by atoms with van der Waals surface area (Å²) < 4.78 is 30.5. The van der Waals surface area contributed by atoms with Gasteiger partial charge in [0.25, 0.3) is 0 Å². The number of hydrogen-bond donors (Lipinski definition) is 1. The van der Waals surface area contributed by atoms with E-state index in [0.29, 0.717) is 0 Å². The molecule has 0 spiro atoms. The number of alkyl carbamates (subject to hydrolysis) is 1. The monoisotopic (exact) mass is 345 g/mol. The van der Waals surface area contributed by atoms with E-state index in [4.69, 9.17) is 0 Å². The summed E-state index contributed by atoms with van der Waals surface area (Å²) in [5.41, 5.74) is 0.124. The minimum absolute atomic E-state index is 0.124. The summed E-state index contributed by atoms with van der Waals surface area (Å²) in [7, 11) is -0.950. The van der Waals surface area contributed by atoms with Gasteiger partial charge in [-0.3, -0.25) is 9.88 Å². The maximum Gasteiger partial charge on any atom is 0.416 e. The highest BCUT2D eigenvalue weighted by atomic mass is 31.2. The molecule has 1 rings (SSSR count). The fourth-order valence-corrected chi connectivity index (χ4v) is 2.72. The van der Waals surface area contributed by atoms with Crippen LogP contribution in [0.5, 0.6) is 0 Å². The molecule has 0 aliphatic heterocycles. The van der Waals surface area contributed by atoms with Crippen LogP contribution in [0.25, 0.3) is 0 Å². The molecule has 1 atom stereocenters. The Labute approximate surface area is 132 Å². The number of carbonyl (C=O) groups is 3. The Hall–Kier alpha value is -2.22. The van der Waals surface area contributed by atoms with Gasteiger partial charge in [0.1, 0.15) is 0 Å². The Morgan fingerprint density at radius 1 is 1.04 bits per heavy atom. The zero-order chi connectivity index (χ0) is 17.5. The summed E-state index contributed by atoms with van der Waals surface area (Å²) in [6, 6.07) is 7.70. The summed E-state index contributed by atoms with van der Waals surface area (Å²) in [5.74, 6) is -3.81. The van der Waals surface area contributed by atoms with Crippen molar-refractivity contribution < 1.29 is 37.5 Å². The molecule has 0 aliphatic rings. The average Bonchev–Trinajstić information content (AvgIpc) is 2.59. The third-order valence-corrected chi connectivity index (χ3v) is 4.69. The molecule has 9 nitrogen and oxygen atoms in total.